The molecule has 2 heterocycles. The molecule has 2 aromatic heterocycles. The minimum Gasteiger partial charge on any atom is -0.208 e. The fourth-order valence-corrected chi connectivity index (χ4v) is 7.36. The molecule has 0 aliphatic rings. The van der Waals surface area contributed by atoms with Gasteiger partial charge in [-0.1, -0.05) is 206 Å². The number of rotatable bonds is 9. The van der Waals surface area contributed by atoms with Gasteiger partial charge in [-0.2, -0.15) is 0 Å². The van der Waals surface area contributed by atoms with Crippen LogP contribution in [0.25, 0.3) is 102 Å². The topological polar surface area (TPSA) is 77.3 Å². The monoisotopic (exact) mass is 768 g/mol. The highest BCUT2D eigenvalue weighted by Gasteiger charge is 2.16. The number of aromatic nitrogens is 6. The second kappa shape index (κ2) is 16.3. The van der Waals surface area contributed by atoms with Gasteiger partial charge in [-0.25, -0.2) is 29.9 Å². The van der Waals surface area contributed by atoms with E-state index in [4.69, 9.17) is 29.9 Å². The third kappa shape index (κ3) is 7.61. The number of hydrogen-bond donors (Lipinski definition) is 0. The van der Waals surface area contributed by atoms with E-state index in [-0.39, 0.29) is 0 Å². The molecule has 6 heteroatoms. The van der Waals surface area contributed by atoms with E-state index in [2.05, 4.69) is 97.1 Å². The van der Waals surface area contributed by atoms with E-state index in [9.17, 15) is 0 Å². The van der Waals surface area contributed by atoms with Gasteiger partial charge in [0.15, 0.2) is 34.9 Å². The predicted octanol–water partition coefficient (Wildman–Crippen LogP) is 13.1. The molecule has 8 aromatic carbocycles. The minimum atomic E-state index is 0.624. The Balaban J connectivity index is 0.980. The average molecular weight is 769 g/mol. The van der Waals surface area contributed by atoms with Crippen LogP contribution in [0.2, 0.25) is 0 Å². The molecule has 0 amide bonds. The third-order valence-corrected chi connectivity index (χ3v) is 10.4. The van der Waals surface area contributed by atoms with Crippen LogP contribution in [0.5, 0.6) is 0 Å². The first-order chi connectivity index (χ1) is 29.7. The molecule has 0 saturated carbocycles. The van der Waals surface area contributed by atoms with Crippen molar-refractivity contribution in [3.63, 3.8) is 0 Å². The van der Waals surface area contributed by atoms with E-state index in [0.29, 0.717) is 34.9 Å². The standard InChI is InChI=1S/C54H36N6/c1-5-17-38(18-6-1)49-55-50(39-19-7-2-8-20-39)58-53(57-49)42-33-31-37(32-34-42)47-29-13-14-30-48(47)45-27-15-25-43(35-45)44-26-16-28-46(36-44)54-59-51(40-21-9-3-10-22-40)56-52(60-54)41-23-11-4-12-24-41/h1-36H. The van der Waals surface area contributed by atoms with Gasteiger partial charge in [-0.15, -0.1) is 0 Å². The van der Waals surface area contributed by atoms with Crippen LogP contribution in [-0.4, -0.2) is 29.9 Å². The van der Waals surface area contributed by atoms with Crippen molar-refractivity contribution >= 4 is 0 Å². The zero-order valence-electron chi connectivity index (χ0n) is 32.5. The zero-order valence-corrected chi connectivity index (χ0v) is 32.5. The molecule has 0 saturated heterocycles. The van der Waals surface area contributed by atoms with Gasteiger partial charge >= 0.3 is 0 Å². The first-order valence-corrected chi connectivity index (χ1v) is 19.9. The van der Waals surface area contributed by atoms with Gasteiger partial charge in [0.05, 0.1) is 0 Å². The molecular formula is C54H36N6. The van der Waals surface area contributed by atoms with Crippen molar-refractivity contribution in [2.24, 2.45) is 0 Å². The Labute approximate surface area is 348 Å². The van der Waals surface area contributed by atoms with Crippen molar-refractivity contribution < 1.29 is 0 Å². The molecule has 0 fully saturated rings. The van der Waals surface area contributed by atoms with E-state index >= 15 is 0 Å². The van der Waals surface area contributed by atoms with E-state index in [1.807, 2.05) is 121 Å². The van der Waals surface area contributed by atoms with Crippen molar-refractivity contribution in [2.75, 3.05) is 0 Å². The van der Waals surface area contributed by atoms with Crippen molar-refractivity contribution in [2.45, 2.75) is 0 Å². The summed E-state index contributed by atoms with van der Waals surface area (Å²) in [5, 5.41) is 0. The molecule has 0 aliphatic carbocycles. The lowest BCUT2D eigenvalue weighted by Crippen LogP contribution is -2.00. The van der Waals surface area contributed by atoms with Crippen molar-refractivity contribution in [3.8, 4) is 102 Å². The first-order valence-electron chi connectivity index (χ1n) is 19.9. The summed E-state index contributed by atoms with van der Waals surface area (Å²) in [6.07, 6.45) is 0. The SMILES string of the molecule is c1ccc(-c2nc(-c3ccccc3)nc(-c3ccc(-c4ccccc4-c4cccc(-c5cccc(-c6nc(-c7ccccc7)nc(-c7ccccc7)n6)c5)c4)cc3)n2)cc1. The van der Waals surface area contributed by atoms with Gasteiger partial charge in [0.25, 0.3) is 0 Å². The summed E-state index contributed by atoms with van der Waals surface area (Å²) in [5.74, 6) is 3.81. The molecule has 10 aromatic rings. The zero-order chi connectivity index (χ0) is 40.1. The lowest BCUT2D eigenvalue weighted by Gasteiger charge is -2.13. The lowest BCUT2D eigenvalue weighted by molar-refractivity contribution is 1.07. The van der Waals surface area contributed by atoms with Crippen LogP contribution in [0.4, 0.5) is 0 Å². The van der Waals surface area contributed by atoms with Crippen molar-refractivity contribution in [1.82, 2.24) is 29.9 Å². The summed E-state index contributed by atoms with van der Waals surface area (Å²) in [7, 11) is 0. The van der Waals surface area contributed by atoms with E-state index < -0.39 is 0 Å². The highest BCUT2D eigenvalue weighted by Crippen LogP contribution is 2.36. The van der Waals surface area contributed by atoms with Gasteiger partial charge in [-0.05, 0) is 45.5 Å². The predicted molar refractivity (Wildman–Crippen MR) is 242 cm³/mol. The van der Waals surface area contributed by atoms with Gasteiger partial charge in [0.2, 0.25) is 0 Å². The van der Waals surface area contributed by atoms with Crippen LogP contribution >= 0.6 is 0 Å². The van der Waals surface area contributed by atoms with Crippen LogP contribution in [0.15, 0.2) is 218 Å². The van der Waals surface area contributed by atoms with E-state index in [1.54, 1.807) is 0 Å². The fraction of sp³-hybridized carbons (Fsp3) is 0. The highest BCUT2D eigenvalue weighted by molar-refractivity contribution is 5.86. The van der Waals surface area contributed by atoms with Gasteiger partial charge in [0.1, 0.15) is 0 Å². The smallest absolute Gasteiger partial charge is 0.164 e. The summed E-state index contributed by atoms with van der Waals surface area (Å²) in [6.45, 7) is 0. The highest BCUT2D eigenvalue weighted by atomic mass is 15.0. The van der Waals surface area contributed by atoms with Crippen LogP contribution in [0, 0.1) is 0 Å². The maximum Gasteiger partial charge on any atom is 0.164 e. The van der Waals surface area contributed by atoms with Crippen molar-refractivity contribution in [1.29, 1.82) is 0 Å². The first kappa shape index (κ1) is 36.1. The van der Waals surface area contributed by atoms with Crippen LogP contribution in [0.3, 0.4) is 0 Å². The van der Waals surface area contributed by atoms with E-state index in [1.165, 1.54) is 0 Å². The maximum absolute atomic E-state index is 4.97. The van der Waals surface area contributed by atoms with E-state index in [0.717, 1.165) is 66.8 Å². The molecule has 0 bridgehead atoms. The van der Waals surface area contributed by atoms with Crippen LogP contribution < -0.4 is 0 Å². The summed E-state index contributed by atoms with van der Waals surface area (Å²) in [5.41, 5.74) is 12.3. The third-order valence-electron chi connectivity index (χ3n) is 10.4. The average Bonchev–Trinajstić information content (AvgIpc) is 3.35. The molecule has 0 atom stereocenters. The van der Waals surface area contributed by atoms with Crippen LogP contribution in [-0.2, 0) is 0 Å². The second-order valence-electron chi connectivity index (χ2n) is 14.4. The van der Waals surface area contributed by atoms with Crippen molar-refractivity contribution in [3.05, 3.63) is 218 Å². The maximum atomic E-state index is 4.97. The number of nitrogens with zero attached hydrogens (tertiary/aromatic N) is 6. The fourth-order valence-electron chi connectivity index (χ4n) is 7.36. The molecule has 0 radical (unpaired) electrons. The summed E-state index contributed by atoms with van der Waals surface area (Å²) >= 11 is 0. The Morgan fingerprint density at radius 2 is 0.417 bits per heavy atom. The van der Waals surface area contributed by atoms with Gasteiger partial charge in [-0.3, -0.25) is 0 Å². The van der Waals surface area contributed by atoms with Gasteiger partial charge in [0, 0.05) is 33.4 Å². The molecule has 60 heavy (non-hydrogen) atoms. The lowest BCUT2D eigenvalue weighted by atomic mass is 9.92. The molecule has 0 unspecified atom stereocenters. The molecule has 282 valence electrons. The normalized spacial score (nSPS) is 11.0. The van der Waals surface area contributed by atoms with Gasteiger partial charge < -0.3 is 0 Å². The largest absolute Gasteiger partial charge is 0.208 e. The molecule has 0 aliphatic heterocycles. The molecular weight excluding hydrogens is 733 g/mol. The Kier molecular flexibility index (Phi) is 9.84. The Bertz CT molecular complexity index is 2950. The number of hydrogen-bond acceptors (Lipinski definition) is 6. The molecule has 0 N–H and O–H groups in total. The summed E-state index contributed by atoms with van der Waals surface area (Å²) in [4.78, 5) is 29.5. The molecule has 6 nitrogen and oxygen atoms in total. The Morgan fingerprint density at radius 1 is 0.167 bits per heavy atom. The quantitative estimate of drug-likeness (QED) is 0.145. The second-order valence-corrected chi connectivity index (χ2v) is 14.4. The summed E-state index contributed by atoms with van der Waals surface area (Å²) < 4.78 is 0. The molecule has 10 rings (SSSR count). The molecule has 0 spiro atoms. The minimum absolute atomic E-state index is 0.624. The van der Waals surface area contributed by atoms with Crippen LogP contribution in [0.1, 0.15) is 0 Å². The summed E-state index contributed by atoms with van der Waals surface area (Å²) in [6, 6.07) is 74.4. The Hall–Kier alpha value is -8.22. The Morgan fingerprint density at radius 3 is 0.817 bits per heavy atom. The number of benzene rings is 8.